The monoisotopic (exact) mass is 373 g/mol. The normalized spacial score (nSPS) is 18.3. The molecule has 2 N–H and O–H groups in total. The number of urea groups is 1. The zero-order chi connectivity index (χ0) is 19.3. The Morgan fingerprint density at radius 2 is 1.81 bits per heavy atom. The fraction of sp³-hybridized carbons (Fsp3) is 0.474. The Balaban J connectivity index is 1.44. The van der Waals surface area contributed by atoms with Crippen LogP contribution in [0, 0.1) is 0 Å². The number of hydrogen-bond donors (Lipinski definition) is 2. The topological polar surface area (TPSA) is 105 Å². The van der Waals surface area contributed by atoms with Gasteiger partial charge < -0.3 is 10.1 Å². The van der Waals surface area contributed by atoms with Crippen molar-refractivity contribution in [2.24, 2.45) is 0 Å². The summed E-state index contributed by atoms with van der Waals surface area (Å²) in [5.74, 6) is -1.69. The summed E-state index contributed by atoms with van der Waals surface area (Å²) in [5.41, 5.74) is 2.32. The molecule has 2 fully saturated rings. The van der Waals surface area contributed by atoms with E-state index < -0.39 is 36.0 Å². The molecule has 144 valence electrons. The van der Waals surface area contributed by atoms with Crippen LogP contribution < -0.4 is 10.7 Å². The molecule has 0 bridgehead atoms. The Bertz CT molecular complexity index is 728. The first-order chi connectivity index (χ1) is 13.0. The minimum atomic E-state index is -0.908. The Morgan fingerprint density at radius 1 is 1.11 bits per heavy atom. The summed E-state index contributed by atoms with van der Waals surface area (Å²) in [6, 6.07) is 8.80. The second-order valence-electron chi connectivity index (χ2n) is 6.89. The van der Waals surface area contributed by atoms with Gasteiger partial charge in [-0.3, -0.25) is 19.8 Å². The average Bonchev–Trinajstić information content (AvgIpc) is 2.90. The van der Waals surface area contributed by atoms with Crippen molar-refractivity contribution >= 4 is 23.8 Å². The lowest BCUT2D eigenvalue weighted by Crippen LogP contribution is -2.51. The summed E-state index contributed by atoms with van der Waals surface area (Å²) in [6.07, 6.45) is 4.52. The van der Waals surface area contributed by atoms with E-state index in [4.69, 9.17) is 4.74 Å². The second kappa shape index (κ2) is 8.20. The van der Waals surface area contributed by atoms with Gasteiger partial charge in [-0.25, -0.2) is 4.79 Å². The number of amides is 4. The lowest BCUT2D eigenvalue weighted by atomic mass is 9.82. The second-order valence-corrected chi connectivity index (χ2v) is 6.89. The van der Waals surface area contributed by atoms with Crippen LogP contribution in [-0.4, -0.2) is 41.0 Å². The summed E-state index contributed by atoms with van der Waals surface area (Å²) in [5, 5.41) is 3.39. The lowest BCUT2D eigenvalue weighted by Gasteiger charge is -2.30. The molecule has 1 saturated heterocycles. The predicted molar refractivity (Wildman–Crippen MR) is 95.1 cm³/mol. The van der Waals surface area contributed by atoms with Gasteiger partial charge in [0.2, 0.25) is 0 Å². The van der Waals surface area contributed by atoms with Gasteiger partial charge in [0.15, 0.2) is 6.61 Å². The van der Waals surface area contributed by atoms with E-state index in [-0.39, 0.29) is 6.42 Å². The van der Waals surface area contributed by atoms with Gasteiger partial charge in [-0.05, 0) is 24.8 Å². The maximum atomic E-state index is 12.5. The highest BCUT2D eigenvalue weighted by Gasteiger charge is 2.52. The number of benzene rings is 1. The highest BCUT2D eigenvalue weighted by atomic mass is 16.5. The molecule has 1 aromatic carbocycles. The molecule has 8 heteroatoms. The van der Waals surface area contributed by atoms with Crippen LogP contribution in [0.25, 0.3) is 0 Å². The smallest absolute Gasteiger partial charge is 0.344 e. The van der Waals surface area contributed by atoms with Gasteiger partial charge >= 0.3 is 12.0 Å². The number of imide groups is 1. The highest BCUT2D eigenvalue weighted by Crippen LogP contribution is 2.32. The molecule has 27 heavy (non-hydrogen) atoms. The van der Waals surface area contributed by atoms with Gasteiger partial charge in [-0.2, -0.15) is 5.01 Å². The van der Waals surface area contributed by atoms with Crippen LogP contribution in [0.4, 0.5) is 4.79 Å². The molecule has 1 heterocycles. The van der Waals surface area contributed by atoms with Crippen LogP contribution in [0.3, 0.4) is 0 Å². The molecule has 3 rings (SSSR count). The molecule has 4 amide bonds. The van der Waals surface area contributed by atoms with E-state index in [1.807, 2.05) is 30.3 Å². The maximum Gasteiger partial charge on any atom is 0.344 e. The number of nitrogens with one attached hydrogen (secondary N) is 2. The lowest BCUT2D eigenvalue weighted by molar-refractivity contribution is -0.150. The summed E-state index contributed by atoms with van der Waals surface area (Å²) in [4.78, 5) is 48.4. The summed E-state index contributed by atoms with van der Waals surface area (Å²) >= 11 is 0. The molecule has 1 saturated carbocycles. The molecule has 1 spiro atoms. The largest absolute Gasteiger partial charge is 0.455 e. The Labute approximate surface area is 157 Å². The zero-order valence-electron chi connectivity index (χ0n) is 15.0. The molecule has 1 aliphatic heterocycles. The number of carbonyl (C=O) groups excluding carboxylic acids is 4. The summed E-state index contributed by atoms with van der Waals surface area (Å²) in [7, 11) is 0. The van der Waals surface area contributed by atoms with Crippen LogP contribution in [0.5, 0.6) is 0 Å². The molecule has 0 aromatic heterocycles. The van der Waals surface area contributed by atoms with Crippen molar-refractivity contribution in [3.63, 3.8) is 0 Å². The van der Waals surface area contributed by atoms with Crippen molar-refractivity contribution in [2.45, 2.75) is 50.5 Å². The fourth-order valence-corrected chi connectivity index (χ4v) is 3.48. The quantitative estimate of drug-likeness (QED) is 0.580. The molecular weight excluding hydrogens is 350 g/mol. The Hall–Kier alpha value is -2.90. The zero-order valence-corrected chi connectivity index (χ0v) is 15.0. The number of carbonyl (C=O) groups is 4. The van der Waals surface area contributed by atoms with Gasteiger partial charge in [0.1, 0.15) is 5.54 Å². The van der Waals surface area contributed by atoms with E-state index in [1.54, 1.807) is 0 Å². The Kier molecular flexibility index (Phi) is 5.73. The average molecular weight is 373 g/mol. The number of nitrogens with zero attached hydrogens (tertiary/aromatic N) is 1. The van der Waals surface area contributed by atoms with Crippen molar-refractivity contribution in [1.82, 2.24) is 15.8 Å². The summed E-state index contributed by atoms with van der Waals surface area (Å²) in [6.45, 7) is -0.544. The minimum Gasteiger partial charge on any atom is -0.455 e. The predicted octanol–water partition coefficient (Wildman–Crippen LogP) is 1.45. The van der Waals surface area contributed by atoms with Gasteiger partial charge in [0, 0.05) is 6.42 Å². The number of hydrogen-bond acceptors (Lipinski definition) is 5. The van der Waals surface area contributed by atoms with E-state index in [0.717, 1.165) is 24.8 Å². The minimum absolute atomic E-state index is 0.142. The van der Waals surface area contributed by atoms with Crippen LogP contribution in [0.2, 0.25) is 0 Å². The standard InChI is InChI=1S/C19H23N3O5/c23-15(13-27-16(24)10-9-14-7-3-1-4-8-14)21-22-17(25)19(20-18(22)26)11-5-2-6-12-19/h1,3-4,7-8H,2,5-6,9-13H2,(H,20,26)(H,21,23). The number of rotatable bonds is 6. The molecule has 1 aromatic rings. The van der Waals surface area contributed by atoms with Crippen molar-refractivity contribution in [3.05, 3.63) is 35.9 Å². The van der Waals surface area contributed by atoms with Gasteiger partial charge in [-0.15, -0.1) is 0 Å². The third kappa shape index (κ3) is 4.45. The molecule has 0 unspecified atom stereocenters. The molecule has 0 radical (unpaired) electrons. The summed E-state index contributed by atoms with van der Waals surface area (Å²) < 4.78 is 4.92. The Morgan fingerprint density at radius 3 is 2.52 bits per heavy atom. The van der Waals surface area contributed by atoms with Crippen LogP contribution in [0.1, 0.15) is 44.1 Å². The van der Waals surface area contributed by atoms with Gasteiger partial charge in [0.05, 0.1) is 0 Å². The highest BCUT2D eigenvalue weighted by molar-refractivity contribution is 6.08. The third-order valence-corrected chi connectivity index (χ3v) is 4.93. The maximum absolute atomic E-state index is 12.5. The van der Waals surface area contributed by atoms with Crippen LogP contribution in [0.15, 0.2) is 30.3 Å². The van der Waals surface area contributed by atoms with Crippen molar-refractivity contribution in [1.29, 1.82) is 0 Å². The SMILES string of the molecule is O=C(COC(=O)CCc1ccccc1)NN1C(=O)NC2(CCCCC2)C1=O. The van der Waals surface area contributed by atoms with E-state index in [9.17, 15) is 19.2 Å². The molecule has 8 nitrogen and oxygen atoms in total. The van der Waals surface area contributed by atoms with Crippen molar-refractivity contribution in [3.8, 4) is 0 Å². The van der Waals surface area contributed by atoms with E-state index >= 15 is 0 Å². The molecule has 0 atom stereocenters. The molecular formula is C19H23N3O5. The number of hydrazine groups is 1. The van der Waals surface area contributed by atoms with Crippen LogP contribution in [-0.2, 0) is 25.5 Å². The first-order valence-electron chi connectivity index (χ1n) is 9.16. The molecule has 1 aliphatic carbocycles. The molecule has 2 aliphatic rings. The van der Waals surface area contributed by atoms with Gasteiger partial charge in [0.25, 0.3) is 11.8 Å². The number of esters is 1. The number of aryl methyl sites for hydroxylation is 1. The first kappa shape index (κ1) is 18.9. The van der Waals surface area contributed by atoms with Gasteiger partial charge in [-0.1, -0.05) is 49.6 Å². The van der Waals surface area contributed by atoms with E-state index in [2.05, 4.69) is 10.7 Å². The third-order valence-electron chi connectivity index (χ3n) is 4.93. The van der Waals surface area contributed by atoms with E-state index in [0.29, 0.717) is 24.3 Å². The van der Waals surface area contributed by atoms with Crippen molar-refractivity contribution in [2.75, 3.05) is 6.61 Å². The first-order valence-corrected chi connectivity index (χ1v) is 9.16. The fourth-order valence-electron chi connectivity index (χ4n) is 3.48. The number of ether oxygens (including phenoxy) is 1. The van der Waals surface area contributed by atoms with E-state index in [1.165, 1.54) is 0 Å². The van der Waals surface area contributed by atoms with Crippen molar-refractivity contribution < 1.29 is 23.9 Å². The van der Waals surface area contributed by atoms with Crippen LogP contribution >= 0.6 is 0 Å².